The zero-order chi connectivity index (χ0) is 14.9. The normalized spacial score (nSPS) is 12.3. The van der Waals surface area contributed by atoms with Gasteiger partial charge in [-0.2, -0.15) is 0 Å². The average molecular weight is 295 g/mol. The first-order valence-electron chi connectivity index (χ1n) is 6.22. The van der Waals surface area contributed by atoms with Gasteiger partial charge in [0, 0.05) is 5.56 Å². The number of methoxy groups -OCH3 is 1. The lowest BCUT2D eigenvalue weighted by molar-refractivity contribution is 0.219. The van der Waals surface area contributed by atoms with Gasteiger partial charge in [-0.25, -0.2) is 4.39 Å². The summed E-state index contributed by atoms with van der Waals surface area (Å²) in [5.41, 5.74) is 2.81. The van der Waals surface area contributed by atoms with Crippen molar-refractivity contribution in [3.8, 4) is 5.75 Å². The van der Waals surface area contributed by atoms with Gasteiger partial charge in [0.05, 0.1) is 12.1 Å². The van der Waals surface area contributed by atoms with Gasteiger partial charge in [-0.05, 0) is 48.7 Å². The van der Waals surface area contributed by atoms with Crippen molar-refractivity contribution < 1.29 is 14.2 Å². The minimum atomic E-state index is -0.970. The number of hydrogen-bond donors (Lipinski definition) is 1. The van der Waals surface area contributed by atoms with Gasteiger partial charge in [0.2, 0.25) is 0 Å². The molecule has 20 heavy (non-hydrogen) atoms. The maximum absolute atomic E-state index is 13.5. The van der Waals surface area contributed by atoms with E-state index in [1.807, 2.05) is 26.0 Å². The van der Waals surface area contributed by atoms with Crippen molar-refractivity contribution in [3.63, 3.8) is 0 Å². The van der Waals surface area contributed by atoms with Crippen molar-refractivity contribution in [1.82, 2.24) is 0 Å². The smallest absolute Gasteiger partial charge is 0.142 e. The zero-order valence-electron chi connectivity index (χ0n) is 11.6. The van der Waals surface area contributed by atoms with Crippen LogP contribution in [0.15, 0.2) is 30.3 Å². The molecule has 0 aliphatic heterocycles. The molecule has 0 fully saturated rings. The molecule has 0 heterocycles. The summed E-state index contributed by atoms with van der Waals surface area (Å²) in [6.07, 6.45) is -0.970. The summed E-state index contributed by atoms with van der Waals surface area (Å²) in [6.45, 7) is 3.76. The molecule has 0 saturated heterocycles. The Labute approximate surface area is 122 Å². The number of rotatable bonds is 3. The van der Waals surface area contributed by atoms with E-state index in [4.69, 9.17) is 16.3 Å². The molecule has 0 radical (unpaired) electrons. The molecule has 0 aliphatic rings. The van der Waals surface area contributed by atoms with Crippen LogP contribution in [0.5, 0.6) is 5.75 Å². The van der Waals surface area contributed by atoms with E-state index >= 15 is 0 Å². The molecular formula is C16H16ClFO2. The third-order valence-corrected chi connectivity index (χ3v) is 3.75. The molecule has 0 saturated carbocycles. The highest BCUT2D eigenvalue weighted by Gasteiger charge is 2.19. The lowest BCUT2D eigenvalue weighted by atomic mass is 9.95. The Morgan fingerprint density at radius 3 is 2.50 bits per heavy atom. The highest BCUT2D eigenvalue weighted by molar-refractivity contribution is 6.31. The van der Waals surface area contributed by atoms with Gasteiger partial charge in [-0.15, -0.1) is 0 Å². The van der Waals surface area contributed by atoms with Gasteiger partial charge in [0.25, 0.3) is 0 Å². The molecular weight excluding hydrogens is 279 g/mol. The fourth-order valence-electron chi connectivity index (χ4n) is 2.23. The van der Waals surface area contributed by atoms with Crippen molar-refractivity contribution in [2.45, 2.75) is 20.0 Å². The number of aryl methyl sites for hydroxylation is 2. The fraction of sp³-hybridized carbons (Fsp3) is 0.250. The molecule has 1 unspecified atom stereocenters. The Bertz CT molecular complexity index is 641. The zero-order valence-corrected chi connectivity index (χ0v) is 12.3. The maximum atomic E-state index is 13.5. The van der Waals surface area contributed by atoms with Gasteiger partial charge in [-0.3, -0.25) is 0 Å². The van der Waals surface area contributed by atoms with Crippen LogP contribution < -0.4 is 4.74 Å². The minimum Gasteiger partial charge on any atom is -0.496 e. The number of halogens is 2. The standard InChI is InChI=1S/C16H16ClFO2/c1-9-8-14(20-3)10(2)7-12(9)16(19)11-5-4-6-13(18)15(11)17/h4-8,16,19H,1-3H3. The Balaban J connectivity index is 2.51. The van der Waals surface area contributed by atoms with Gasteiger partial charge in [0.1, 0.15) is 17.7 Å². The molecule has 106 valence electrons. The molecule has 2 rings (SSSR count). The highest BCUT2D eigenvalue weighted by Crippen LogP contribution is 2.34. The lowest BCUT2D eigenvalue weighted by Gasteiger charge is -2.18. The molecule has 2 nitrogen and oxygen atoms in total. The topological polar surface area (TPSA) is 29.5 Å². The summed E-state index contributed by atoms with van der Waals surface area (Å²) >= 11 is 5.93. The van der Waals surface area contributed by atoms with Gasteiger partial charge in [0.15, 0.2) is 0 Å². The summed E-state index contributed by atoms with van der Waals surface area (Å²) < 4.78 is 18.7. The number of aliphatic hydroxyl groups excluding tert-OH is 1. The second kappa shape index (κ2) is 5.81. The quantitative estimate of drug-likeness (QED) is 0.920. The number of benzene rings is 2. The van der Waals surface area contributed by atoms with Crippen LogP contribution in [0.3, 0.4) is 0 Å². The van der Waals surface area contributed by atoms with Crippen LogP contribution in [0.4, 0.5) is 4.39 Å². The average Bonchev–Trinajstić information content (AvgIpc) is 2.43. The first-order chi connectivity index (χ1) is 9.45. The van der Waals surface area contributed by atoms with Crippen LogP contribution in [-0.4, -0.2) is 12.2 Å². The minimum absolute atomic E-state index is 0.0483. The summed E-state index contributed by atoms with van der Waals surface area (Å²) in [5, 5.41) is 10.4. The Kier molecular flexibility index (Phi) is 4.31. The number of hydrogen-bond acceptors (Lipinski definition) is 2. The second-order valence-electron chi connectivity index (χ2n) is 4.72. The van der Waals surface area contributed by atoms with Crippen molar-refractivity contribution in [1.29, 1.82) is 0 Å². The van der Waals surface area contributed by atoms with E-state index < -0.39 is 11.9 Å². The van der Waals surface area contributed by atoms with E-state index in [1.54, 1.807) is 13.2 Å². The van der Waals surface area contributed by atoms with Crippen LogP contribution in [0, 0.1) is 19.7 Å². The first-order valence-corrected chi connectivity index (χ1v) is 6.60. The van der Waals surface area contributed by atoms with Gasteiger partial charge in [-0.1, -0.05) is 23.7 Å². The third-order valence-electron chi connectivity index (χ3n) is 3.35. The molecule has 1 atom stereocenters. The largest absolute Gasteiger partial charge is 0.496 e. The van der Waals surface area contributed by atoms with E-state index in [9.17, 15) is 9.50 Å². The van der Waals surface area contributed by atoms with E-state index in [-0.39, 0.29) is 5.02 Å². The van der Waals surface area contributed by atoms with Crippen molar-refractivity contribution >= 4 is 11.6 Å². The molecule has 0 bridgehead atoms. The van der Waals surface area contributed by atoms with E-state index in [2.05, 4.69) is 0 Å². The Morgan fingerprint density at radius 2 is 1.85 bits per heavy atom. The van der Waals surface area contributed by atoms with E-state index in [0.717, 1.165) is 16.9 Å². The van der Waals surface area contributed by atoms with Crippen LogP contribution in [0.2, 0.25) is 5.02 Å². The Morgan fingerprint density at radius 1 is 1.15 bits per heavy atom. The maximum Gasteiger partial charge on any atom is 0.142 e. The first kappa shape index (κ1) is 14.8. The van der Waals surface area contributed by atoms with Gasteiger partial charge >= 0.3 is 0 Å². The molecule has 0 amide bonds. The molecule has 2 aromatic carbocycles. The number of aliphatic hydroxyl groups is 1. The molecule has 0 spiro atoms. The van der Waals surface area contributed by atoms with Crippen molar-refractivity contribution in [2.24, 2.45) is 0 Å². The van der Waals surface area contributed by atoms with Crippen molar-refractivity contribution in [2.75, 3.05) is 7.11 Å². The van der Waals surface area contributed by atoms with E-state index in [1.165, 1.54) is 12.1 Å². The predicted molar refractivity (Wildman–Crippen MR) is 77.9 cm³/mol. The van der Waals surface area contributed by atoms with Gasteiger partial charge < -0.3 is 9.84 Å². The third kappa shape index (κ3) is 2.65. The summed E-state index contributed by atoms with van der Waals surface area (Å²) in [6, 6.07) is 8.10. The molecule has 2 aromatic rings. The summed E-state index contributed by atoms with van der Waals surface area (Å²) in [4.78, 5) is 0. The molecule has 0 aliphatic carbocycles. The number of ether oxygens (including phenoxy) is 1. The fourth-order valence-corrected chi connectivity index (χ4v) is 2.46. The summed E-state index contributed by atoms with van der Waals surface area (Å²) in [5.74, 6) is 0.217. The van der Waals surface area contributed by atoms with Crippen LogP contribution in [-0.2, 0) is 0 Å². The molecule has 4 heteroatoms. The Hall–Kier alpha value is -1.58. The molecule has 1 N–H and O–H groups in total. The van der Waals surface area contributed by atoms with E-state index in [0.29, 0.717) is 11.1 Å². The van der Waals surface area contributed by atoms with Crippen LogP contribution in [0.25, 0.3) is 0 Å². The monoisotopic (exact) mass is 294 g/mol. The lowest BCUT2D eigenvalue weighted by Crippen LogP contribution is -2.05. The predicted octanol–water partition coefficient (Wildman–Crippen LogP) is 4.19. The highest BCUT2D eigenvalue weighted by atomic mass is 35.5. The summed E-state index contributed by atoms with van der Waals surface area (Å²) in [7, 11) is 1.60. The second-order valence-corrected chi connectivity index (χ2v) is 5.10. The van der Waals surface area contributed by atoms with Crippen LogP contribution in [0.1, 0.15) is 28.4 Å². The van der Waals surface area contributed by atoms with Crippen molar-refractivity contribution in [3.05, 3.63) is 63.4 Å². The SMILES string of the molecule is COc1cc(C)c(C(O)c2cccc(F)c2Cl)cc1C. The van der Waals surface area contributed by atoms with Crippen LogP contribution >= 0.6 is 11.6 Å². The molecule has 0 aromatic heterocycles.